The van der Waals surface area contributed by atoms with Crippen LogP contribution in [0.5, 0.6) is 0 Å². The normalized spacial score (nSPS) is 12.5. The van der Waals surface area contributed by atoms with E-state index in [1.807, 2.05) is 46.5 Å². The standard InChI is InChI=1S/C13H12N4OS/c1-9(14-13(18)10-5-7-19-8-10)12-16-15-11-4-2-3-6-17(11)12/h2-9H,1H3,(H,14,18)/t9-/m1/s1. The predicted molar refractivity (Wildman–Crippen MR) is 73.2 cm³/mol. The van der Waals surface area contributed by atoms with Crippen LogP contribution in [0.2, 0.25) is 0 Å². The maximum absolute atomic E-state index is 12.0. The molecule has 3 rings (SSSR count). The van der Waals surface area contributed by atoms with Gasteiger partial charge in [0.15, 0.2) is 11.5 Å². The molecule has 1 atom stereocenters. The molecule has 0 aliphatic rings. The number of amides is 1. The van der Waals surface area contributed by atoms with Gasteiger partial charge in [-0.05, 0) is 30.5 Å². The van der Waals surface area contributed by atoms with E-state index in [9.17, 15) is 4.79 Å². The molecule has 1 N–H and O–H groups in total. The van der Waals surface area contributed by atoms with Crippen LogP contribution >= 0.6 is 11.3 Å². The molecule has 19 heavy (non-hydrogen) atoms. The number of aromatic nitrogens is 3. The summed E-state index contributed by atoms with van der Waals surface area (Å²) in [6, 6.07) is 7.29. The van der Waals surface area contributed by atoms with Crippen molar-refractivity contribution >= 4 is 22.9 Å². The van der Waals surface area contributed by atoms with Crippen molar-refractivity contribution in [2.24, 2.45) is 0 Å². The summed E-state index contributed by atoms with van der Waals surface area (Å²) in [5.74, 6) is 0.626. The van der Waals surface area contributed by atoms with Crippen LogP contribution in [0.3, 0.4) is 0 Å². The Morgan fingerprint density at radius 2 is 2.26 bits per heavy atom. The van der Waals surface area contributed by atoms with E-state index in [1.54, 1.807) is 6.07 Å². The monoisotopic (exact) mass is 272 g/mol. The second-order valence-electron chi connectivity index (χ2n) is 4.19. The Balaban J connectivity index is 1.84. The van der Waals surface area contributed by atoms with E-state index < -0.39 is 0 Å². The van der Waals surface area contributed by atoms with Crippen LogP contribution in [0.15, 0.2) is 41.2 Å². The number of hydrogen-bond acceptors (Lipinski definition) is 4. The lowest BCUT2D eigenvalue weighted by Crippen LogP contribution is -2.27. The van der Waals surface area contributed by atoms with E-state index in [0.29, 0.717) is 5.56 Å². The third-order valence-electron chi connectivity index (χ3n) is 2.86. The molecular weight excluding hydrogens is 260 g/mol. The van der Waals surface area contributed by atoms with Gasteiger partial charge in [0.05, 0.1) is 11.6 Å². The number of rotatable bonds is 3. The van der Waals surface area contributed by atoms with Gasteiger partial charge in [-0.2, -0.15) is 11.3 Å². The van der Waals surface area contributed by atoms with Gasteiger partial charge in [0.2, 0.25) is 0 Å². The largest absolute Gasteiger partial charge is 0.342 e. The van der Waals surface area contributed by atoms with Crippen molar-refractivity contribution in [3.05, 3.63) is 52.6 Å². The first-order valence-electron chi connectivity index (χ1n) is 5.88. The van der Waals surface area contributed by atoms with Gasteiger partial charge < -0.3 is 5.32 Å². The van der Waals surface area contributed by atoms with Crippen LogP contribution in [0, 0.1) is 0 Å². The summed E-state index contributed by atoms with van der Waals surface area (Å²) in [5, 5.41) is 14.8. The minimum absolute atomic E-state index is 0.0959. The van der Waals surface area contributed by atoms with Gasteiger partial charge in [-0.1, -0.05) is 6.07 Å². The molecule has 3 aromatic rings. The summed E-state index contributed by atoms with van der Waals surface area (Å²) in [6.07, 6.45) is 1.89. The van der Waals surface area contributed by atoms with Crippen molar-refractivity contribution in [3.8, 4) is 0 Å². The Kier molecular flexibility index (Phi) is 3.00. The first kappa shape index (κ1) is 11.9. The van der Waals surface area contributed by atoms with E-state index >= 15 is 0 Å². The van der Waals surface area contributed by atoms with Crippen molar-refractivity contribution in [1.29, 1.82) is 0 Å². The molecule has 6 heteroatoms. The Morgan fingerprint density at radius 3 is 3.05 bits per heavy atom. The van der Waals surface area contributed by atoms with E-state index in [-0.39, 0.29) is 11.9 Å². The molecule has 0 aliphatic heterocycles. The highest BCUT2D eigenvalue weighted by Crippen LogP contribution is 2.13. The van der Waals surface area contributed by atoms with Gasteiger partial charge >= 0.3 is 0 Å². The molecule has 0 bridgehead atoms. The molecule has 0 aromatic carbocycles. The van der Waals surface area contributed by atoms with E-state index in [0.717, 1.165) is 11.5 Å². The number of thiophene rings is 1. The zero-order chi connectivity index (χ0) is 13.2. The fourth-order valence-electron chi connectivity index (χ4n) is 1.89. The van der Waals surface area contributed by atoms with Crippen LogP contribution in [0.1, 0.15) is 29.1 Å². The second kappa shape index (κ2) is 4.81. The van der Waals surface area contributed by atoms with E-state index in [2.05, 4.69) is 15.5 Å². The third-order valence-corrected chi connectivity index (χ3v) is 3.54. The molecule has 0 saturated carbocycles. The van der Waals surface area contributed by atoms with Crippen molar-refractivity contribution < 1.29 is 4.79 Å². The zero-order valence-corrected chi connectivity index (χ0v) is 11.1. The predicted octanol–water partition coefficient (Wildman–Crippen LogP) is 2.28. The highest BCUT2D eigenvalue weighted by Gasteiger charge is 2.16. The topological polar surface area (TPSA) is 59.3 Å². The molecule has 96 valence electrons. The van der Waals surface area contributed by atoms with Gasteiger partial charge in [0.25, 0.3) is 5.91 Å². The van der Waals surface area contributed by atoms with Crippen molar-refractivity contribution in [1.82, 2.24) is 19.9 Å². The number of pyridine rings is 1. The summed E-state index contributed by atoms with van der Waals surface area (Å²) in [7, 11) is 0. The lowest BCUT2D eigenvalue weighted by Gasteiger charge is -2.11. The number of fused-ring (bicyclic) bond motifs is 1. The first-order chi connectivity index (χ1) is 9.25. The summed E-state index contributed by atoms with van der Waals surface area (Å²) in [5.41, 5.74) is 1.44. The molecule has 0 saturated heterocycles. The summed E-state index contributed by atoms with van der Waals surface area (Å²) < 4.78 is 1.87. The highest BCUT2D eigenvalue weighted by molar-refractivity contribution is 7.08. The minimum Gasteiger partial charge on any atom is -0.342 e. The smallest absolute Gasteiger partial charge is 0.252 e. The van der Waals surface area contributed by atoms with Gasteiger partial charge in [0.1, 0.15) is 0 Å². The molecule has 3 heterocycles. The molecule has 0 radical (unpaired) electrons. The molecular formula is C13H12N4OS. The maximum atomic E-state index is 12.0. The number of nitrogens with one attached hydrogen (secondary N) is 1. The minimum atomic E-state index is -0.204. The van der Waals surface area contributed by atoms with E-state index in [1.165, 1.54) is 11.3 Å². The Hall–Kier alpha value is -2.21. The Bertz CT molecular complexity index is 704. The average Bonchev–Trinajstić information content (AvgIpc) is 3.08. The quantitative estimate of drug-likeness (QED) is 0.795. The van der Waals surface area contributed by atoms with Gasteiger partial charge in [0, 0.05) is 11.6 Å². The van der Waals surface area contributed by atoms with Crippen LogP contribution in [0.4, 0.5) is 0 Å². The van der Waals surface area contributed by atoms with Gasteiger partial charge in [-0.15, -0.1) is 10.2 Å². The number of carbonyl (C=O) groups excluding carboxylic acids is 1. The highest BCUT2D eigenvalue weighted by atomic mass is 32.1. The lowest BCUT2D eigenvalue weighted by molar-refractivity contribution is 0.0938. The lowest BCUT2D eigenvalue weighted by atomic mass is 10.2. The van der Waals surface area contributed by atoms with E-state index in [4.69, 9.17) is 0 Å². The number of hydrogen-bond donors (Lipinski definition) is 1. The van der Waals surface area contributed by atoms with Gasteiger partial charge in [-0.3, -0.25) is 9.20 Å². The summed E-state index contributed by atoms with van der Waals surface area (Å²) >= 11 is 1.50. The Labute approximate surface area is 113 Å². The molecule has 3 aromatic heterocycles. The van der Waals surface area contributed by atoms with Gasteiger partial charge in [-0.25, -0.2) is 0 Å². The molecule has 0 fully saturated rings. The number of nitrogens with zero attached hydrogens (tertiary/aromatic N) is 3. The van der Waals surface area contributed by atoms with Crippen LogP contribution in [-0.4, -0.2) is 20.5 Å². The third kappa shape index (κ3) is 2.22. The van der Waals surface area contributed by atoms with Crippen molar-refractivity contribution in [2.45, 2.75) is 13.0 Å². The fourth-order valence-corrected chi connectivity index (χ4v) is 2.53. The fraction of sp³-hybridized carbons (Fsp3) is 0.154. The second-order valence-corrected chi connectivity index (χ2v) is 4.97. The number of carbonyl (C=O) groups is 1. The maximum Gasteiger partial charge on any atom is 0.252 e. The summed E-state index contributed by atoms with van der Waals surface area (Å²) in [6.45, 7) is 1.90. The zero-order valence-electron chi connectivity index (χ0n) is 10.3. The first-order valence-corrected chi connectivity index (χ1v) is 6.83. The van der Waals surface area contributed by atoms with Crippen LogP contribution < -0.4 is 5.32 Å². The Morgan fingerprint density at radius 1 is 1.37 bits per heavy atom. The van der Waals surface area contributed by atoms with Crippen molar-refractivity contribution in [3.63, 3.8) is 0 Å². The summed E-state index contributed by atoms with van der Waals surface area (Å²) in [4.78, 5) is 12.0. The average molecular weight is 272 g/mol. The van der Waals surface area contributed by atoms with Crippen LogP contribution in [-0.2, 0) is 0 Å². The SMILES string of the molecule is C[C@@H](NC(=O)c1ccsc1)c1nnc2ccccn12. The molecule has 0 unspecified atom stereocenters. The van der Waals surface area contributed by atoms with Crippen molar-refractivity contribution in [2.75, 3.05) is 0 Å². The van der Waals surface area contributed by atoms with Crippen LogP contribution in [0.25, 0.3) is 5.65 Å². The molecule has 1 amide bonds. The molecule has 0 aliphatic carbocycles. The molecule has 0 spiro atoms. The molecule has 5 nitrogen and oxygen atoms in total.